The summed E-state index contributed by atoms with van der Waals surface area (Å²) in [5.41, 5.74) is 3.63. The number of hydrogen-bond acceptors (Lipinski definition) is 4. The molecule has 1 heterocycles. The number of esters is 1. The lowest BCUT2D eigenvalue weighted by Gasteiger charge is -2.18. The Kier molecular flexibility index (Phi) is 5.71. The molecule has 0 bridgehead atoms. The Morgan fingerprint density at radius 3 is 2.61 bits per heavy atom. The second kappa shape index (κ2) is 8.60. The van der Waals surface area contributed by atoms with Gasteiger partial charge in [0.1, 0.15) is 0 Å². The Morgan fingerprint density at radius 2 is 1.81 bits per heavy atom. The van der Waals surface area contributed by atoms with Crippen molar-refractivity contribution in [2.24, 2.45) is 5.92 Å². The molecule has 4 rings (SSSR count). The standard InChI is InChI=1S/C25H24N2O4/c1-16-10-11-20(12-17(16)2)26-23(28)15-31-25(30)19-13-24(29)27(14-19)22-9-5-7-18-6-3-4-8-21(18)22/h3-12,19H,13-15H2,1-2H3,(H,26,28)/t19-/m1/s1. The van der Waals surface area contributed by atoms with Gasteiger partial charge in [0.25, 0.3) is 5.91 Å². The average molecular weight is 416 g/mol. The highest BCUT2D eigenvalue weighted by molar-refractivity contribution is 6.06. The largest absolute Gasteiger partial charge is 0.455 e. The summed E-state index contributed by atoms with van der Waals surface area (Å²) >= 11 is 0. The third kappa shape index (κ3) is 4.43. The van der Waals surface area contributed by atoms with E-state index in [0.717, 1.165) is 27.6 Å². The second-order valence-electron chi connectivity index (χ2n) is 7.86. The molecule has 0 unspecified atom stereocenters. The molecule has 0 saturated carbocycles. The Morgan fingerprint density at radius 1 is 1.03 bits per heavy atom. The van der Waals surface area contributed by atoms with Crippen LogP contribution in [0.15, 0.2) is 60.7 Å². The molecule has 6 heteroatoms. The molecule has 1 saturated heterocycles. The van der Waals surface area contributed by atoms with Gasteiger partial charge in [0.2, 0.25) is 5.91 Å². The number of amides is 2. The van der Waals surface area contributed by atoms with Gasteiger partial charge in [-0.1, -0.05) is 42.5 Å². The minimum atomic E-state index is -0.596. The predicted molar refractivity (Wildman–Crippen MR) is 120 cm³/mol. The van der Waals surface area contributed by atoms with Crippen molar-refractivity contribution in [2.45, 2.75) is 20.3 Å². The van der Waals surface area contributed by atoms with E-state index in [9.17, 15) is 14.4 Å². The van der Waals surface area contributed by atoms with Crippen molar-refractivity contribution < 1.29 is 19.1 Å². The maximum absolute atomic E-state index is 12.6. The molecular formula is C25H24N2O4. The van der Waals surface area contributed by atoms with Gasteiger partial charge < -0.3 is 15.0 Å². The Hall–Kier alpha value is -3.67. The molecule has 6 nitrogen and oxygen atoms in total. The van der Waals surface area contributed by atoms with E-state index in [0.29, 0.717) is 5.69 Å². The minimum absolute atomic E-state index is 0.0703. The van der Waals surface area contributed by atoms with Gasteiger partial charge in [0.05, 0.1) is 11.6 Å². The van der Waals surface area contributed by atoms with E-state index in [1.54, 1.807) is 11.0 Å². The first-order chi connectivity index (χ1) is 14.9. The summed E-state index contributed by atoms with van der Waals surface area (Å²) in [4.78, 5) is 38.9. The van der Waals surface area contributed by atoms with E-state index >= 15 is 0 Å². The lowest BCUT2D eigenvalue weighted by atomic mass is 10.1. The fourth-order valence-corrected chi connectivity index (χ4v) is 3.81. The van der Waals surface area contributed by atoms with Crippen LogP contribution in [0, 0.1) is 19.8 Å². The number of carbonyl (C=O) groups is 3. The number of carbonyl (C=O) groups excluding carboxylic acids is 3. The van der Waals surface area contributed by atoms with Crippen LogP contribution in [0.25, 0.3) is 10.8 Å². The summed E-state index contributed by atoms with van der Waals surface area (Å²) in [6.07, 6.45) is 0.0703. The fraction of sp³-hybridized carbons (Fsp3) is 0.240. The fourth-order valence-electron chi connectivity index (χ4n) is 3.81. The molecule has 31 heavy (non-hydrogen) atoms. The van der Waals surface area contributed by atoms with Crippen LogP contribution in [0.4, 0.5) is 11.4 Å². The van der Waals surface area contributed by atoms with Crippen LogP contribution in [-0.4, -0.2) is 30.9 Å². The number of rotatable bonds is 5. The van der Waals surface area contributed by atoms with Crippen LogP contribution >= 0.6 is 0 Å². The summed E-state index contributed by atoms with van der Waals surface area (Å²) in [5, 5.41) is 4.71. The topological polar surface area (TPSA) is 75.7 Å². The third-order valence-corrected chi connectivity index (χ3v) is 5.65. The summed E-state index contributed by atoms with van der Waals surface area (Å²) in [6, 6.07) is 19.2. The van der Waals surface area contributed by atoms with Crippen LogP contribution in [-0.2, 0) is 19.1 Å². The summed E-state index contributed by atoms with van der Waals surface area (Å²) < 4.78 is 5.20. The number of aryl methyl sites for hydroxylation is 2. The van der Waals surface area contributed by atoms with Crippen LogP contribution < -0.4 is 10.2 Å². The number of hydrogen-bond donors (Lipinski definition) is 1. The van der Waals surface area contributed by atoms with Gasteiger partial charge in [-0.25, -0.2) is 0 Å². The van der Waals surface area contributed by atoms with Crippen LogP contribution in [0.3, 0.4) is 0 Å². The second-order valence-corrected chi connectivity index (χ2v) is 7.86. The molecule has 158 valence electrons. The van der Waals surface area contributed by atoms with E-state index in [-0.39, 0.29) is 25.5 Å². The zero-order chi connectivity index (χ0) is 22.0. The maximum atomic E-state index is 12.6. The summed E-state index contributed by atoms with van der Waals surface area (Å²) in [7, 11) is 0. The smallest absolute Gasteiger partial charge is 0.311 e. The third-order valence-electron chi connectivity index (χ3n) is 5.65. The van der Waals surface area contributed by atoms with Crippen molar-refractivity contribution in [3.8, 4) is 0 Å². The molecule has 0 aromatic heterocycles. The normalized spacial score (nSPS) is 15.9. The number of fused-ring (bicyclic) bond motifs is 1. The van der Waals surface area contributed by atoms with Gasteiger partial charge in [-0.15, -0.1) is 0 Å². The van der Waals surface area contributed by atoms with E-state index < -0.39 is 17.8 Å². The van der Waals surface area contributed by atoms with Crippen LogP contribution in [0.2, 0.25) is 0 Å². The number of nitrogens with one attached hydrogen (secondary N) is 1. The van der Waals surface area contributed by atoms with E-state index in [1.165, 1.54) is 0 Å². The Bertz CT molecular complexity index is 1170. The van der Waals surface area contributed by atoms with Gasteiger partial charge in [0, 0.05) is 24.0 Å². The van der Waals surface area contributed by atoms with E-state index in [1.807, 2.05) is 68.4 Å². The van der Waals surface area contributed by atoms with Crippen LogP contribution in [0.5, 0.6) is 0 Å². The van der Waals surface area contributed by atoms with Gasteiger partial charge in [0.15, 0.2) is 6.61 Å². The van der Waals surface area contributed by atoms with Crippen molar-refractivity contribution in [3.63, 3.8) is 0 Å². The highest BCUT2D eigenvalue weighted by atomic mass is 16.5. The minimum Gasteiger partial charge on any atom is -0.455 e. The molecule has 0 aliphatic carbocycles. The van der Waals surface area contributed by atoms with E-state index in [4.69, 9.17) is 4.74 Å². The summed E-state index contributed by atoms with van der Waals surface area (Å²) in [5.74, 6) is -1.67. The zero-order valence-electron chi connectivity index (χ0n) is 17.6. The van der Waals surface area contributed by atoms with Crippen molar-refractivity contribution in [2.75, 3.05) is 23.4 Å². The average Bonchev–Trinajstić information content (AvgIpc) is 3.15. The van der Waals surface area contributed by atoms with Crippen molar-refractivity contribution in [1.82, 2.24) is 0 Å². The molecule has 3 aromatic carbocycles. The quantitative estimate of drug-likeness (QED) is 0.638. The molecule has 1 atom stereocenters. The SMILES string of the molecule is Cc1ccc(NC(=O)COC(=O)[C@@H]2CC(=O)N(c3cccc4ccccc34)C2)cc1C. The highest BCUT2D eigenvalue weighted by Gasteiger charge is 2.36. The first kappa shape index (κ1) is 20.6. The number of anilines is 2. The summed E-state index contributed by atoms with van der Waals surface area (Å²) in [6.45, 7) is 3.81. The molecule has 3 aromatic rings. The molecule has 1 aliphatic heterocycles. The molecule has 2 amide bonds. The molecule has 1 aliphatic rings. The van der Waals surface area contributed by atoms with Gasteiger partial charge in [-0.2, -0.15) is 0 Å². The predicted octanol–water partition coefficient (Wildman–Crippen LogP) is 3.99. The number of nitrogens with zero attached hydrogens (tertiary/aromatic N) is 1. The van der Waals surface area contributed by atoms with Crippen molar-refractivity contribution in [1.29, 1.82) is 0 Å². The highest BCUT2D eigenvalue weighted by Crippen LogP contribution is 2.32. The van der Waals surface area contributed by atoms with E-state index in [2.05, 4.69) is 5.32 Å². The maximum Gasteiger partial charge on any atom is 0.311 e. The van der Waals surface area contributed by atoms with Crippen molar-refractivity contribution in [3.05, 3.63) is 71.8 Å². The Labute approximate surface area is 180 Å². The number of ether oxygens (including phenoxy) is 1. The lowest BCUT2D eigenvalue weighted by Crippen LogP contribution is -2.28. The zero-order valence-corrected chi connectivity index (χ0v) is 17.6. The Balaban J connectivity index is 1.37. The van der Waals surface area contributed by atoms with Gasteiger partial charge in [-0.3, -0.25) is 14.4 Å². The first-order valence-electron chi connectivity index (χ1n) is 10.2. The first-order valence-corrected chi connectivity index (χ1v) is 10.2. The molecular weight excluding hydrogens is 392 g/mol. The van der Waals surface area contributed by atoms with Gasteiger partial charge >= 0.3 is 5.97 Å². The van der Waals surface area contributed by atoms with Gasteiger partial charge in [-0.05, 0) is 48.6 Å². The molecule has 1 fully saturated rings. The van der Waals surface area contributed by atoms with Crippen molar-refractivity contribution >= 4 is 39.9 Å². The number of benzene rings is 3. The molecule has 0 spiro atoms. The lowest BCUT2D eigenvalue weighted by molar-refractivity contribution is -0.151. The van der Waals surface area contributed by atoms with Crippen LogP contribution in [0.1, 0.15) is 17.5 Å². The monoisotopic (exact) mass is 416 g/mol. The molecule has 1 N–H and O–H groups in total. The molecule has 0 radical (unpaired) electrons.